The normalized spacial score (nSPS) is 15.7. The van der Waals surface area contributed by atoms with Crippen LogP contribution < -0.4 is 10.9 Å². The first kappa shape index (κ1) is 17.8. The molecule has 2 aliphatic rings. The Hall–Kier alpha value is -2.61. The van der Waals surface area contributed by atoms with E-state index in [1.54, 1.807) is 0 Å². The quantitative estimate of drug-likeness (QED) is 0.640. The number of benzene rings is 1. The maximum atomic E-state index is 12.4. The number of esters is 1. The summed E-state index contributed by atoms with van der Waals surface area (Å²) in [5.74, 6) is -0.525. The molecule has 1 aliphatic carbocycles. The van der Waals surface area contributed by atoms with Crippen molar-refractivity contribution in [3.63, 3.8) is 0 Å². The van der Waals surface area contributed by atoms with E-state index < -0.39 is 23.5 Å². The van der Waals surface area contributed by atoms with Crippen molar-refractivity contribution in [3.8, 4) is 0 Å². The number of anilines is 1. The lowest BCUT2D eigenvalue weighted by Crippen LogP contribution is -2.33. The zero-order valence-corrected chi connectivity index (χ0v) is 15.7. The fraction of sp³-hybridized carbons (Fsp3) is 0.368. The van der Waals surface area contributed by atoms with E-state index in [2.05, 4.69) is 10.3 Å². The second kappa shape index (κ2) is 7.19. The van der Waals surface area contributed by atoms with Gasteiger partial charge in [0.25, 0.3) is 11.5 Å². The van der Waals surface area contributed by atoms with Crippen LogP contribution in [0.15, 0.2) is 34.3 Å². The van der Waals surface area contributed by atoms with Gasteiger partial charge in [-0.25, -0.2) is 9.78 Å². The van der Waals surface area contributed by atoms with Gasteiger partial charge in [0.15, 0.2) is 11.3 Å². The molecule has 140 valence electrons. The Labute approximate surface area is 160 Å². The van der Waals surface area contributed by atoms with Crippen molar-refractivity contribution in [2.45, 2.75) is 44.0 Å². The Morgan fingerprint density at radius 3 is 2.96 bits per heavy atom. The number of carbonyl (C=O) groups is 2. The smallest absolute Gasteiger partial charge is 0.346 e. The maximum absolute atomic E-state index is 12.4. The van der Waals surface area contributed by atoms with Crippen molar-refractivity contribution in [1.29, 1.82) is 0 Å². The van der Waals surface area contributed by atoms with Crippen molar-refractivity contribution >= 4 is 29.3 Å². The molecule has 1 amide bonds. The predicted molar refractivity (Wildman–Crippen MR) is 101 cm³/mol. The van der Waals surface area contributed by atoms with Crippen LogP contribution >= 0.6 is 11.8 Å². The molecule has 0 spiro atoms. The van der Waals surface area contributed by atoms with Gasteiger partial charge in [0.05, 0.1) is 6.20 Å². The number of aromatic nitrogens is 2. The first-order valence-corrected chi connectivity index (χ1v) is 9.88. The predicted octanol–water partition coefficient (Wildman–Crippen LogP) is 2.02. The van der Waals surface area contributed by atoms with Crippen LogP contribution in [0.3, 0.4) is 0 Å². The Balaban J connectivity index is 1.43. The molecular weight excluding hydrogens is 366 g/mol. The molecule has 27 heavy (non-hydrogen) atoms. The van der Waals surface area contributed by atoms with Gasteiger partial charge in [-0.3, -0.25) is 14.2 Å². The highest BCUT2D eigenvalue weighted by molar-refractivity contribution is 7.99. The van der Waals surface area contributed by atoms with Crippen LogP contribution in [-0.4, -0.2) is 33.3 Å². The van der Waals surface area contributed by atoms with Gasteiger partial charge in [0.2, 0.25) is 0 Å². The molecule has 0 saturated carbocycles. The average molecular weight is 385 g/mol. The van der Waals surface area contributed by atoms with Crippen LogP contribution in [0.4, 0.5) is 5.69 Å². The summed E-state index contributed by atoms with van der Waals surface area (Å²) in [6.07, 6.45) is 3.40. The minimum Gasteiger partial charge on any atom is -0.449 e. The number of aryl methyl sites for hydroxylation is 2. The summed E-state index contributed by atoms with van der Waals surface area (Å²) in [5, 5.41) is 3.36. The lowest BCUT2D eigenvalue weighted by molar-refractivity contribution is -0.123. The van der Waals surface area contributed by atoms with E-state index in [9.17, 15) is 14.4 Å². The Morgan fingerprint density at radius 2 is 2.11 bits per heavy atom. The van der Waals surface area contributed by atoms with Crippen molar-refractivity contribution in [1.82, 2.24) is 9.55 Å². The number of ether oxygens (including phenoxy) is 1. The minimum atomic E-state index is -1.03. The van der Waals surface area contributed by atoms with E-state index in [1.807, 2.05) is 18.2 Å². The lowest BCUT2D eigenvalue weighted by atomic mass is 10.1. The third-order valence-corrected chi connectivity index (χ3v) is 5.77. The average Bonchev–Trinajstić information content (AvgIpc) is 3.30. The maximum Gasteiger partial charge on any atom is 0.346 e. The van der Waals surface area contributed by atoms with Crippen LogP contribution in [0, 0.1) is 0 Å². The second-order valence-electron chi connectivity index (χ2n) is 6.63. The van der Waals surface area contributed by atoms with Gasteiger partial charge in [0.1, 0.15) is 5.56 Å². The second-order valence-corrected chi connectivity index (χ2v) is 7.70. The number of thioether (sulfide) groups is 1. The van der Waals surface area contributed by atoms with Gasteiger partial charge in [-0.1, -0.05) is 17.8 Å². The largest absolute Gasteiger partial charge is 0.449 e. The Morgan fingerprint density at radius 1 is 1.30 bits per heavy atom. The van der Waals surface area contributed by atoms with Crippen molar-refractivity contribution < 1.29 is 14.3 Å². The highest BCUT2D eigenvalue weighted by atomic mass is 32.2. The standard InChI is InChI=1S/C19H19N3O4S/c1-11(16(23)21-14-6-5-12-3-2-4-13(12)9-14)26-18(25)15-10-20-19-22(17(15)24)7-8-27-19/h5-6,9-11H,2-4,7-8H2,1H3,(H,21,23). The highest BCUT2D eigenvalue weighted by Crippen LogP contribution is 2.25. The third kappa shape index (κ3) is 3.49. The van der Waals surface area contributed by atoms with Gasteiger partial charge in [0, 0.05) is 18.0 Å². The molecule has 1 aromatic carbocycles. The monoisotopic (exact) mass is 385 g/mol. The van der Waals surface area contributed by atoms with Crippen LogP contribution in [0.5, 0.6) is 0 Å². The summed E-state index contributed by atoms with van der Waals surface area (Å²) >= 11 is 1.47. The Kier molecular flexibility index (Phi) is 4.73. The lowest BCUT2D eigenvalue weighted by Gasteiger charge is -2.14. The number of carbonyl (C=O) groups excluding carboxylic acids is 2. The van der Waals surface area contributed by atoms with Gasteiger partial charge >= 0.3 is 5.97 Å². The fourth-order valence-electron chi connectivity index (χ4n) is 3.33. The van der Waals surface area contributed by atoms with E-state index in [0.717, 1.165) is 25.0 Å². The van der Waals surface area contributed by atoms with E-state index in [-0.39, 0.29) is 5.56 Å². The van der Waals surface area contributed by atoms with Gasteiger partial charge < -0.3 is 10.1 Å². The summed E-state index contributed by atoms with van der Waals surface area (Å²) in [5.41, 5.74) is 2.65. The summed E-state index contributed by atoms with van der Waals surface area (Å²) < 4.78 is 6.65. The van der Waals surface area contributed by atoms with Crippen molar-refractivity contribution in [2.24, 2.45) is 0 Å². The van der Waals surface area contributed by atoms with Crippen LogP contribution in [0.1, 0.15) is 34.8 Å². The van der Waals surface area contributed by atoms with E-state index in [0.29, 0.717) is 17.4 Å². The van der Waals surface area contributed by atoms with E-state index >= 15 is 0 Å². The molecule has 0 bridgehead atoms. The van der Waals surface area contributed by atoms with Gasteiger partial charge in [-0.15, -0.1) is 0 Å². The topological polar surface area (TPSA) is 90.3 Å². The molecule has 1 N–H and O–H groups in total. The first-order chi connectivity index (χ1) is 13.0. The molecule has 8 heteroatoms. The number of hydrogen-bond donors (Lipinski definition) is 1. The number of nitrogens with zero attached hydrogens (tertiary/aromatic N) is 2. The van der Waals surface area contributed by atoms with E-state index in [4.69, 9.17) is 4.74 Å². The van der Waals surface area contributed by atoms with Crippen molar-refractivity contribution in [2.75, 3.05) is 11.1 Å². The number of amides is 1. The van der Waals surface area contributed by atoms with E-state index in [1.165, 1.54) is 40.6 Å². The molecule has 0 fully saturated rings. The molecule has 7 nitrogen and oxygen atoms in total. The molecule has 1 aliphatic heterocycles. The fourth-order valence-corrected chi connectivity index (χ4v) is 4.24. The molecule has 0 saturated heterocycles. The van der Waals surface area contributed by atoms with Gasteiger partial charge in [-0.2, -0.15) is 0 Å². The van der Waals surface area contributed by atoms with Crippen LogP contribution in [-0.2, 0) is 28.9 Å². The molecule has 1 atom stereocenters. The number of rotatable bonds is 4. The molecule has 1 unspecified atom stereocenters. The Bertz CT molecular complexity index is 985. The SMILES string of the molecule is CC(OC(=O)c1cnc2n(c1=O)CCS2)C(=O)Nc1ccc2c(c1)CCC2. The summed E-state index contributed by atoms with van der Waals surface area (Å²) in [6.45, 7) is 2.00. The summed E-state index contributed by atoms with van der Waals surface area (Å²) in [7, 11) is 0. The highest BCUT2D eigenvalue weighted by Gasteiger charge is 2.24. The zero-order valence-electron chi connectivity index (χ0n) is 14.9. The molecule has 1 aromatic heterocycles. The van der Waals surface area contributed by atoms with Crippen molar-refractivity contribution in [3.05, 3.63) is 51.4 Å². The summed E-state index contributed by atoms with van der Waals surface area (Å²) in [4.78, 5) is 41.2. The third-order valence-electron chi connectivity index (χ3n) is 4.80. The van der Waals surface area contributed by atoms with Crippen LogP contribution in [0.2, 0.25) is 0 Å². The molecule has 2 aromatic rings. The zero-order chi connectivity index (χ0) is 19.0. The number of fused-ring (bicyclic) bond motifs is 2. The van der Waals surface area contributed by atoms with Crippen LogP contribution in [0.25, 0.3) is 0 Å². The number of hydrogen-bond acceptors (Lipinski definition) is 6. The molecule has 2 heterocycles. The number of nitrogens with one attached hydrogen (secondary N) is 1. The molecule has 0 radical (unpaired) electrons. The minimum absolute atomic E-state index is 0.154. The molecule has 4 rings (SSSR count). The van der Waals surface area contributed by atoms with Gasteiger partial charge in [-0.05, 0) is 49.4 Å². The first-order valence-electron chi connectivity index (χ1n) is 8.89. The molecular formula is C19H19N3O4S. The summed E-state index contributed by atoms with van der Waals surface area (Å²) in [6, 6.07) is 5.83.